The van der Waals surface area contributed by atoms with E-state index >= 15 is 0 Å². The molecular weight excluding hydrogens is 242 g/mol. The highest BCUT2D eigenvalue weighted by molar-refractivity contribution is 7.80. The van der Waals surface area contributed by atoms with E-state index in [0.29, 0.717) is 11.2 Å². The third-order valence-electron chi connectivity index (χ3n) is 2.03. The molecule has 3 N–H and O–H groups in total. The topological polar surface area (TPSA) is 36.1 Å². The molecule has 0 unspecified atom stereocenters. The molecule has 0 saturated heterocycles. The van der Waals surface area contributed by atoms with Gasteiger partial charge in [-0.15, -0.1) is 0 Å². The van der Waals surface area contributed by atoms with E-state index in [4.69, 9.17) is 12.2 Å². The molecular formula is C14H19N3S. The van der Waals surface area contributed by atoms with E-state index in [1.165, 1.54) is 0 Å². The van der Waals surface area contributed by atoms with Gasteiger partial charge in [-0.2, -0.15) is 0 Å². The molecule has 1 rings (SSSR count). The van der Waals surface area contributed by atoms with Crippen molar-refractivity contribution in [3.8, 4) is 0 Å². The van der Waals surface area contributed by atoms with E-state index in [1.54, 1.807) is 0 Å². The quantitative estimate of drug-likeness (QED) is 0.432. The molecule has 18 heavy (non-hydrogen) atoms. The second kappa shape index (κ2) is 7.50. The number of hydrazine groups is 1. The lowest BCUT2D eigenvalue weighted by Crippen LogP contribution is -2.45. The van der Waals surface area contributed by atoms with Gasteiger partial charge in [0.1, 0.15) is 0 Å². The van der Waals surface area contributed by atoms with Gasteiger partial charge in [0.15, 0.2) is 5.11 Å². The minimum absolute atomic E-state index is 0.305. The van der Waals surface area contributed by atoms with Crippen LogP contribution in [0.25, 0.3) is 6.08 Å². The minimum atomic E-state index is 0.305. The molecule has 0 bridgehead atoms. The normalized spacial score (nSPS) is 10.4. The van der Waals surface area contributed by atoms with E-state index in [9.17, 15) is 0 Å². The Kier molecular flexibility index (Phi) is 5.94. The fourth-order valence-electron chi connectivity index (χ4n) is 1.24. The van der Waals surface area contributed by atoms with Gasteiger partial charge in [-0.1, -0.05) is 43.0 Å². The fourth-order valence-corrected chi connectivity index (χ4v) is 1.52. The van der Waals surface area contributed by atoms with Gasteiger partial charge in [0.05, 0.1) is 0 Å². The molecule has 1 aromatic rings. The second-order valence-corrected chi connectivity index (χ2v) is 4.56. The predicted molar refractivity (Wildman–Crippen MR) is 81.8 cm³/mol. The largest absolute Gasteiger partial charge is 0.359 e. The number of rotatable bonds is 5. The molecule has 0 aliphatic rings. The molecule has 0 fully saturated rings. The zero-order valence-corrected chi connectivity index (χ0v) is 11.6. The van der Waals surface area contributed by atoms with E-state index in [2.05, 4.69) is 22.7 Å². The van der Waals surface area contributed by atoms with Gasteiger partial charge in [0, 0.05) is 11.7 Å². The highest BCUT2D eigenvalue weighted by Gasteiger charge is 1.96. The van der Waals surface area contributed by atoms with Crippen LogP contribution in [0.4, 0.5) is 0 Å². The third kappa shape index (κ3) is 6.06. The molecule has 0 aliphatic heterocycles. The van der Waals surface area contributed by atoms with Crippen molar-refractivity contribution >= 4 is 23.4 Å². The first kappa shape index (κ1) is 14.3. The SMILES string of the molecule is C=C(/C=C/c1ccccc1)NNC(=S)NC(C)C. The Morgan fingerprint density at radius 1 is 1.22 bits per heavy atom. The summed E-state index contributed by atoms with van der Waals surface area (Å²) in [5.74, 6) is 0. The maximum atomic E-state index is 5.08. The van der Waals surface area contributed by atoms with Crippen LogP contribution in [-0.4, -0.2) is 11.2 Å². The number of hydrogen-bond donors (Lipinski definition) is 3. The van der Waals surface area contributed by atoms with Crippen molar-refractivity contribution in [1.82, 2.24) is 16.2 Å². The van der Waals surface area contributed by atoms with Crippen LogP contribution in [0.3, 0.4) is 0 Å². The molecule has 0 amide bonds. The third-order valence-corrected chi connectivity index (χ3v) is 2.25. The number of nitrogens with one attached hydrogen (secondary N) is 3. The van der Waals surface area contributed by atoms with Gasteiger partial charge >= 0.3 is 0 Å². The van der Waals surface area contributed by atoms with E-state index in [-0.39, 0.29) is 0 Å². The minimum Gasteiger partial charge on any atom is -0.359 e. The van der Waals surface area contributed by atoms with Crippen LogP contribution in [-0.2, 0) is 0 Å². The van der Waals surface area contributed by atoms with Gasteiger partial charge < -0.3 is 5.32 Å². The second-order valence-electron chi connectivity index (χ2n) is 4.15. The van der Waals surface area contributed by atoms with Crippen molar-refractivity contribution in [3.63, 3.8) is 0 Å². The summed E-state index contributed by atoms with van der Waals surface area (Å²) < 4.78 is 0. The standard InChI is InChI=1S/C14H19N3S/c1-11(2)15-14(18)17-16-12(3)9-10-13-7-5-4-6-8-13/h4-11,16H,3H2,1-2H3,(H2,15,17,18)/b10-9+. The van der Waals surface area contributed by atoms with Crippen LogP contribution in [0.2, 0.25) is 0 Å². The van der Waals surface area contributed by atoms with Crippen molar-refractivity contribution in [2.24, 2.45) is 0 Å². The predicted octanol–water partition coefficient (Wildman–Crippen LogP) is 2.59. The average molecular weight is 261 g/mol. The van der Waals surface area contributed by atoms with Gasteiger partial charge in [-0.25, -0.2) is 0 Å². The summed E-state index contributed by atoms with van der Waals surface area (Å²) in [6, 6.07) is 10.3. The summed E-state index contributed by atoms with van der Waals surface area (Å²) in [4.78, 5) is 0. The van der Waals surface area contributed by atoms with Gasteiger partial charge in [-0.05, 0) is 37.7 Å². The molecule has 3 nitrogen and oxygen atoms in total. The summed E-state index contributed by atoms with van der Waals surface area (Å²) in [7, 11) is 0. The smallest absolute Gasteiger partial charge is 0.185 e. The van der Waals surface area contributed by atoms with E-state index in [1.807, 2.05) is 56.3 Å². The highest BCUT2D eigenvalue weighted by Crippen LogP contribution is 2.02. The fraction of sp³-hybridized carbons (Fsp3) is 0.214. The lowest BCUT2D eigenvalue weighted by atomic mass is 10.2. The van der Waals surface area contributed by atoms with Gasteiger partial charge in [0.25, 0.3) is 0 Å². The number of hydrogen-bond acceptors (Lipinski definition) is 2. The maximum absolute atomic E-state index is 5.08. The van der Waals surface area contributed by atoms with Crippen LogP contribution in [0.15, 0.2) is 48.7 Å². The van der Waals surface area contributed by atoms with Crippen molar-refractivity contribution in [2.75, 3.05) is 0 Å². The van der Waals surface area contributed by atoms with Crippen molar-refractivity contribution in [2.45, 2.75) is 19.9 Å². The summed E-state index contributed by atoms with van der Waals surface area (Å²) >= 11 is 5.08. The number of allylic oxidation sites excluding steroid dienone is 1. The molecule has 0 saturated carbocycles. The molecule has 0 aromatic heterocycles. The summed E-state index contributed by atoms with van der Waals surface area (Å²) in [6.07, 6.45) is 3.87. The summed E-state index contributed by atoms with van der Waals surface area (Å²) in [5, 5.41) is 3.62. The molecule has 4 heteroatoms. The lowest BCUT2D eigenvalue weighted by Gasteiger charge is -2.14. The molecule has 0 heterocycles. The Morgan fingerprint density at radius 3 is 2.50 bits per heavy atom. The van der Waals surface area contributed by atoms with Crippen LogP contribution >= 0.6 is 12.2 Å². The van der Waals surface area contributed by atoms with Crippen molar-refractivity contribution in [1.29, 1.82) is 0 Å². The molecule has 0 radical (unpaired) electrons. The zero-order valence-electron chi connectivity index (χ0n) is 10.7. The van der Waals surface area contributed by atoms with Gasteiger partial charge in [-0.3, -0.25) is 10.9 Å². The molecule has 0 spiro atoms. The van der Waals surface area contributed by atoms with E-state index < -0.39 is 0 Å². The van der Waals surface area contributed by atoms with Crippen LogP contribution in [0.1, 0.15) is 19.4 Å². The first-order valence-electron chi connectivity index (χ1n) is 5.82. The molecule has 96 valence electrons. The Balaban J connectivity index is 2.34. The zero-order chi connectivity index (χ0) is 13.4. The highest BCUT2D eigenvalue weighted by atomic mass is 32.1. The Labute approximate surface area is 114 Å². The Bertz CT molecular complexity index is 424. The average Bonchev–Trinajstić information content (AvgIpc) is 2.34. The van der Waals surface area contributed by atoms with E-state index in [0.717, 1.165) is 11.3 Å². The summed E-state index contributed by atoms with van der Waals surface area (Å²) in [6.45, 7) is 7.92. The number of benzene rings is 1. The van der Waals surface area contributed by atoms with Crippen molar-refractivity contribution in [3.05, 3.63) is 54.2 Å². The Hall–Kier alpha value is -1.81. The van der Waals surface area contributed by atoms with Crippen molar-refractivity contribution < 1.29 is 0 Å². The molecule has 1 aromatic carbocycles. The van der Waals surface area contributed by atoms with Crippen LogP contribution < -0.4 is 16.2 Å². The van der Waals surface area contributed by atoms with Gasteiger partial charge in [0.2, 0.25) is 0 Å². The summed E-state index contributed by atoms with van der Waals surface area (Å²) in [5.41, 5.74) is 7.66. The first-order valence-corrected chi connectivity index (χ1v) is 6.23. The first-order chi connectivity index (χ1) is 8.58. The maximum Gasteiger partial charge on any atom is 0.185 e. The van der Waals surface area contributed by atoms with Crippen LogP contribution in [0, 0.1) is 0 Å². The number of thiocarbonyl (C=S) groups is 1. The molecule has 0 atom stereocenters. The monoisotopic (exact) mass is 261 g/mol. The lowest BCUT2D eigenvalue weighted by molar-refractivity contribution is 0.688. The molecule has 0 aliphatic carbocycles. The Morgan fingerprint density at radius 2 is 1.89 bits per heavy atom. The van der Waals surface area contributed by atoms with Crippen LogP contribution in [0.5, 0.6) is 0 Å².